The fourth-order valence-electron chi connectivity index (χ4n) is 3.01. The molecule has 0 radical (unpaired) electrons. The number of nitrogens with one attached hydrogen (secondary N) is 1. The summed E-state index contributed by atoms with van der Waals surface area (Å²) in [7, 11) is 1.62. The van der Waals surface area contributed by atoms with Gasteiger partial charge >= 0.3 is 0 Å². The van der Waals surface area contributed by atoms with Crippen molar-refractivity contribution in [2.45, 2.75) is 0 Å². The zero-order chi connectivity index (χ0) is 22.5. The predicted molar refractivity (Wildman–Crippen MR) is 129 cm³/mol. The van der Waals surface area contributed by atoms with Gasteiger partial charge in [0, 0.05) is 21.7 Å². The number of nitrogens with zero attached hydrogens (tertiary/aromatic N) is 3. The average Bonchev–Trinajstić information content (AvgIpc) is 2.82. The zero-order valence-corrected chi connectivity index (χ0v) is 18.5. The summed E-state index contributed by atoms with van der Waals surface area (Å²) in [5, 5.41) is 14.8. The lowest BCUT2D eigenvalue weighted by Gasteiger charge is -2.09. The fourth-order valence-corrected chi connectivity index (χ4v) is 3.52. The van der Waals surface area contributed by atoms with E-state index in [-0.39, 0.29) is 10.8 Å². The molecule has 0 fully saturated rings. The number of hydrogen-bond donors (Lipinski definition) is 2. The van der Waals surface area contributed by atoms with Crippen LogP contribution in [0.1, 0.15) is 5.56 Å². The first kappa shape index (κ1) is 21.6. The van der Waals surface area contributed by atoms with E-state index in [1.165, 1.54) is 12.3 Å². The monoisotopic (exact) mass is 464 g/mol. The Morgan fingerprint density at radius 2 is 1.56 bits per heavy atom. The van der Waals surface area contributed by atoms with Crippen molar-refractivity contribution in [3.63, 3.8) is 0 Å². The molecule has 0 atom stereocenters. The number of ether oxygens (including phenoxy) is 1. The van der Waals surface area contributed by atoms with Crippen LogP contribution in [0.5, 0.6) is 11.5 Å². The van der Waals surface area contributed by atoms with Crippen LogP contribution in [-0.2, 0) is 0 Å². The van der Waals surface area contributed by atoms with E-state index in [1.54, 1.807) is 13.2 Å². The van der Waals surface area contributed by atoms with Gasteiger partial charge in [0.1, 0.15) is 11.5 Å². The lowest BCUT2D eigenvalue weighted by molar-refractivity contribution is 0.415. The van der Waals surface area contributed by atoms with Crippen LogP contribution in [-0.4, -0.2) is 28.4 Å². The number of hydrazone groups is 1. The van der Waals surface area contributed by atoms with Crippen LogP contribution in [0.2, 0.25) is 10.0 Å². The topological polar surface area (TPSA) is 79.6 Å². The second-order valence-electron chi connectivity index (χ2n) is 6.75. The van der Waals surface area contributed by atoms with Crippen molar-refractivity contribution in [2.75, 3.05) is 12.5 Å². The van der Waals surface area contributed by atoms with Gasteiger partial charge in [-0.2, -0.15) is 5.10 Å². The quantitative estimate of drug-likeness (QED) is 0.259. The molecule has 0 spiro atoms. The molecule has 0 aliphatic carbocycles. The van der Waals surface area contributed by atoms with Gasteiger partial charge in [-0.1, -0.05) is 53.5 Å². The van der Waals surface area contributed by atoms with Gasteiger partial charge in [0.05, 0.1) is 29.7 Å². The smallest absolute Gasteiger partial charge is 0.244 e. The molecule has 2 N–H and O–H groups in total. The second-order valence-corrected chi connectivity index (χ2v) is 7.60. The normalized spacial score (nSPS) is 11.0. The summed E-state index contributed by atoms with van der Waals surface area (Å²) in [5.74, 6) is 0.939. The van der Waals surface area contributed by atoms with E-state index in [2.05, 4.69) is 20.5 Å². The van der Waals surface area contributed by atoms with Crippen molar-refractivity contribution < 1.29 is 9.84 Å². The molecule has 0 aliphatic rings. The van der Waals surface area contributed by atoms with Crippen molar-refractivity contribution in [3.8, 4) is 34.0 Å². The van der Waals surface area contributed by atoms with Crippen LogP contribution in [0.15, 0.2) is 77.9 Å². The highest BCUT2D eigenvalue weighted by Crippen LogP contribution is 2.30. The molecule has 1 heterocycles. The molecule has 0 aliphatic heterocycles. The minimum absolute atomic E-state index is 0.112. The maximum Gasteiger partial charge on any atom is 0.244 e. The SMILES string of the molecule is COc1ccc(-c2cc(-c3ccccc3)nc(N/N=C/c3cc(Cl)cc(Cl)c3O)n2)cc1. The van der Waals surface area contributed by atoms with E-state index in [9.17, 15) is 5.11 Å². The Kier molecular flexibility index (Phi) is 6.54. The van der Waals surface area contributed by atoms with Gasteiger partial charge in [-0.25, -0.2) is 15.4 Å². The Balaban J connectivity index is 1.69. The molecule has 0 saturated heterocycles. The predicted octanol–water partition coefficient (Wildman–Crippen LogP) is 6.28. The molecule has 8 heteroatoms. The molecule has 4 aromatic rings. The van der Waals surface area contributed by atoms with Crippen LogP contribution < -0.4 is 10.2 Å². The van der Waals surface area contributed by atoms with E-state index in [1.807, 2.05) is 60.7 Å². The highest BCUT2D eigenvalue weighted by molar-refractivity contribution is 6.36. The maximum absolute atomic E-state index is 10.1. The van der Waals surface area contributed by atoms with Crippen molar-refractivity contribution in [3.05, 3.63) is 88.4 Å². The second kappa shape index (κ2) is 9.68. The minimum Gasteiger partial charge on any atom is -0.506 e. The number of anilines is 1. The van der Waals surface area contributed by atoms with Gasteiger partial charge in [-0.15, -0.1) is 0 Å². The van der Waals surface area contributed by atoms with Gasteiger partial charge in [0.2, 0.25) is 5.95 Å². The summed E-state index contributed by atoms with van der Waals surface area (Å²) in [6, 6.07) is 22.3. The summed E-state index contributed by atoms with van der Waals surface area (Å²) in [6.45, 7) is 0. The summed E-state index contributed by atoms with van der Waals surface area (Å²) in [6.07, 6.45) is 1.40. The van der Waals surface area contributed by atoms with E-state index in [0.717, 1.165) is 22.6 Å². The van der Waals surface area contributed by atoms with Gasteiger partial charge in [0.15, 0.2) is 0 Å². The number of aromatic nitrogens is 2. The summed E-state index contributed by atoms with van der Waals surface area (Å²) < 4.78 is 5.24. The Morgan fingerprint density at radius 1 is 0.906 bits per heavy atom. The van der Waals surface area contributed by atoms with Gasteiger partial charge in [-0.3, -0.25) is 0 Å². The fraction of sp³-hybridized carbons (Fsp3) is 0.0417. The van der Waals surface area contributed by atoms with E-state index < -0.39 is 0 Å². The van der Waals surface area contributed by atoms with Gasteiger partial charge < -0.3 is 9.84 Å². The van der Waals surface area contributed by atoms with Crippen molar-refractivity contribution in [1.29, 1.82) is 0 Å². The van der Waals surface area contributed by atoms with E-state index >= 15 is 0 Å². The van der Waals surface area contributed by atoms with Gasteiger partial charge in [0.25, 0.3) is 0 Å². The zero-order valence-electron chi connectivity index (χ0n) is 17.0. The van der Waals surface area contributed by atoms with Crippen molar-refractivity contribution in [1.82, 2.24) is 9.97 Å². The number of phenols is 1. The number of aromatic hydroxyl groups is 1. The molecule has 0 amide bonds. The number of phenolic OH excluding ortho intramolecular Hbond substituents is 1. The van der Waals surface area contributed by atoms with Crippen LogP contribution in [0.25, 0.3) is 22.5 Å². The lowest BCUT2D eigenvalue weighted by Crippen LogP contribution is -2.00. The molecule has 1 aromatic heterocycles. The number of benzene rings is 3. The number of hydrogen-bond acceptors (Lipinski definition) is 6. The highest BCUT2D eigenvalue weighted by atomic mass is 35.5. The third kappa shape index (κ3) is 4.99. The summed E-state index contributed by atoms with van der Waals surface area (Å²) >= 11 is 12.0. The largest absolute Gasteiger partial charge is 0.506 e. The number of methoxy groups -OCH3 is 1. The first-order valence-corrected chi connectivity index (χ1v) is 10.3. The maximum atomic E-state index is 10.1. The molecule has 160 valence electrons. The molecule has 0 saturated carbocycles. The molecule has 6 nitrogen and oxygen atoms in total. The Bertz CT molecular complexity index is 1260. The standard InChI is InChI=1S/C24H18Cl2N4O2/c1-32-19-9-7-16(8-10-19)22-13-21(15-5-3-2-4-6-15)28-24(29-22)30-27-14-17-11-18(25)12-20(26)23(17)31/h2-14,31H,1H3,(H,28,29,30)/b27-14+. The third-order valence-corrected chi connectivity index (χ3v) is 5.11. The van der Waals surface area contributed by atoms with E-state index in [4.69, 9.17) is 27.9 Å². The Labute approximate surface area is 195 Å². The lowest BCUT2D eigenvalue weighted by atomic mass is 10.1. The molecular formula is C24H18Cl2N4O2. The minimum atomic E-state index is -0.112. The molecule has 0 bridgehead atoms. The molecule has 32 heavy (non-hydrogen) atoms. The van der Waals surface area contributed by atoms with Gasteiger partial charge in [-0.05, 0) is 42.5 Å². The molecule has 3 aromatic carbocycles. The molecule has 4 rings (SSSR count). The first-order valence-electron chi connectivity index (χ1n) is 9.59. The van der Waals surface area contributed by atoms with Crippen LogP contribution in [0.4, 0.5) is 5.95 Å². The van der Waals surface area contributed by atoms with Crippen molar-refractivity contribution in [2.24, 2.45) is 5.10 Å². The van der Waals surface area contributed by atoms with Crippen LogP contribution >= 0.6 is 23.2 Å². The molecule has 0 unspecified atom stereocenters. The summed E-state index contributed by atoms with van der Waals surface area (Å²) in [4.78, 5) is 9.16. The third-order valence-electron chi connectivity index (χ3n) is 4.61. The number of rotatable bonds is 6. The van der Waals surface area contributed by atoms with E-state index in [0.29, 0.717) is 22.2 Å². The highest BCUT2D eigenvalue weighted by Gasteiger charge is 2.10. The Hall–Kier alpha value is -3.61. The number of halogens is 2. The Morgan fingerprint density at radius 3 is 2.22 bits per heavy atom. The van der Waals surface area contributed by atoms with Crippen molar-refractivity contribution >= 4 is 35.4 Å². The molecular weight excluding hydrogens is 447 g/mol. The first-order chi connectivity index (χ1) is 15.5. The average molecular weight is 465 g/mol. The van der Waals surface area contributed by atoms with Crippen LogP contribution in [0, 0.1) is 0 Å². The van der Waals surface area contributed by atoms with Crippen LogP contribution in [0.3, 0.4) is 0 Å². The summed E-state index contributed by atoms with van der Waals surface area (Å²) in [5.41, 5.74) is 6.48.